The lowest BCUT2D eigenvalue weighted by molar-refractivity contribution is -0.118. The largest absolute Gasteiger partial charge is 0.482 e. The van der Waals surface area contributed by atoms with Gasteiger partial charge >= 0.3 is 0 Å². The molecule has 2 aromatic carbocycles. The Morgan fingerprint density at radius 3 is 2.74 bits per heavy atom. The van der Waals surface area contributed by atoms with Gasteiger partial charge in [0, 0.05) is 12.1 Å². The summed E-state index contributed by atoms with van der Waals surface area (Å²) >= 11 is 0. The van der Waals surface area contributed by atoms with Crippen LogP contribution in [0.2, 0.25) is 0 Å². The molecular weight excluding hydrogens is 390 g/mol. The van der Waals surface area contributed by atoms with E-state index < -0.39 is 0 Å². The maximum absolute atomic E-state index is 11.6. The van der Waals surface area contributed by atoms with E-state index in [2.05, 4.69) is 40.5 Å². The number of likely N-dealkylation sites (tertiary alicyclic amines) is 1. The summed E-state index contributed by atoms with van der Waals surface area (Å²) in [6.45, 7) is 7.39. The van der Waals surface area contributed by atoms with Crippen molar-refractivity contribution in [2.45, 2.75) is 39.7 Å². The van der Waals surface area contributed by atoms with Gasteiger partial charge in [-0.25, -0.2) is 0 Å². The van der Waals surface area contributed by atoms with Crippen LogP contribution in [-0.4, -0.2) is 35.7 Å². The minimum Gasteiger partial charge on any atom is -0.482 e. The van der Waals surface area contributed by atoms with Crippen molar-refractivity contribution in [3.05, 3.63) is 53.2 Å². The Balaban J connectivity index is 1.51. The fourth-order valence-corrected chi connectivity index (χ4v) is 4.51. The van der Waals surface area contributed by atoms with Gasteiger partial charge in [0.1, 0.15) is 5.75 Å². The summed E-state index contributed by atoms with van der Waals surface area (Å²) in [6, 6.07) is 12.4. The summed E-state index contributed by atoms with van der Waals surface area (Å²) in [5.41, 5.74) is 6.95. The van der Waals surface area contributed by atoms with Gasteiger partial charge in [-0.05, 0) is 74.7 Å². The second kappa shape index (κ2) is 8.19. The molecule has 2 aliphatic heterocycles. The first-order chi connectivity index (χ1) is 15.1. The molecule has 0 saturated carbocycles. The fraction of sp³-hybridized carbons (Fsp3) is 0.360. The molecule has 5 rings (SSSR count). The Morgan fingerprint density at radius 2 is 1.90 bits per heavy atom. The monoisotopic (exact) mass is 417 g/mol. The average Bonchev–Trinajstić information content (AvgIpc) is 3.16. The van der Waals surface area contributed by atoms with Crippen LogP contribution in [0, 0.1) is 13.8 Å². The molecule has 6 heteroatoms. The number of nitrogens with one attached hydrogen (secondary N) is 1. The smallest absolute Gasteiger partial charge is 0.262 e. The Bertz CT molecular complexity index is 1130. The molecule has 31 heavy (non-hydrogen) atoms. The van der Waals surface area contributed by atoms with Crippen LogP contribution in [0.1, 0.15) is 36.1 Å². The highest BCUT2D eigenvalue weighted by Gasteiger charge is 2.22. The van der Waals surface area contributed by atoms with Gasteiger partial charge in [0.15, 0.2) is 12.4 Å². The second-order valence-corrected chi connectivity index (χ2v) is 8.51. The first-order valence-electron chi connectivity index (χ1n) is 10.9. The lowest BCUT2D eigenvalue weighted by Gasteiger charge is -2.26. The number of aromatic nitrogens is 1. The highest BCUT2D eigenvalue weighted by atomic mass is 16.5. The molecule has 6 nitrogen and oxygen atoms in total. The molecule has 1 amide bonds. The lowest BCUT2D eigenvalue weighted by atomic mass is 9.95. The van der Waals surface area contributed by atoms with Crippen molar-refractivity contribution in [2.24, 2.45) is 0 Å². The zero-order valence-electron chi connectivity index (χ0n) is 18.0. The van der Waals surface area contributed by atoms with Crippen molar-refractivity contribution in [3.63, 3.8) is 0 Å². The van der Waals surface area contributed by atoms with E-state index in [0.29, 0.717) is 11.4 Å². The summed E-state index contributed by atoms with van der Waals surface area (Å²) < 4.78 is 11.5. The molecule has 0 atom stereocenters. The minimum atomic E-state index is -0.136. The van der Waals surface area contributed by atoms with E-state index in [-0.39, 0.29) is 12.5 Å². The highest BCUT2D eigenvalue weighted by Crippen LogP contribution is 2.40. The standard InChI is InChI=1S/C25H27N3O3/c1-16-6-7-18(14-28-10-4-3-5-11-28)12-20(16)25-24(17(2)27-31-25)19-8-9-21-22(13-19)30-15-23(29)26-21/h6-9,12-13H,3-5,10-11,14-15H2,1-2H3,(H,26,29). The third-order valence-corrected chi connectivity index (χ3v) is 6.17. The number of hydrogen-bond donors (Lipinski definition) is 1. The van der Waals surface area contributed by atoms with Gasteiger partial charge in [-0.2, -0.15) is 0 Å². The molecule has 1 saturated heterocycles. The topological polar surface area (TPSA) is 67.6 Å². The third kappa shape index (κ3) is 3.95. The number of ether oxygens (including phenoxy) is 1. The number of anilines is 1. The molecule has 1 aromatic heterocycles. The van der Waals surface area contributed by atoms with E-state index in [9.17, 15) is 4.79 Å². The number of hydrogen-bond acceptors (Lipinski definition) is 5. The molecule has 0 radical (unpaired) electrons. The number of benzene rings is 2. The maximum Gasteiger partial charge on any atom is 0.262 e. The van der Waals surface area contributed by atoms with Crippen molar-refractivity contribution in [2.75, 3.05) is 25.0 Å². The van der Waals surface area contributed by atoms with Crippen LogP contribution in [-0.2, 0) is 11.3 Å². The predicted octanol–water partition coefficient (Wildman–Crippen LogP) is 4.94. The molecule has 0 bridgehead atoms. The predicted molar refractivity (Wildman–Crippen MR) is 120 cm³/mol. The van der Waals surface area contributed by atoms with Crippen molar-refractivity contribution < 1.29 is 14.1 Å². The van der Waals surface area contributed by atoms with Gasteiger partial charge < -0.3 is 14.6 Å². The zero-order chi connectivity index (χ0) is 21.4. The molecule has 0 unspecified atom stereocenters. The summed E-state index contributed by atoms with van der Waals surface area (Å²) in [4.78, 5) is 14.1. The third-order valence-electron chi connectivity index (χ3n) is 6.17. The molecule has 3 aromatic rings. The molecular formula is C25H27N3O3. The Labute approximate surface area is 182 Å². The Hall–Kier alpha value is -3.12. The van der Waals surface area contributed by atoms with Gasteiger partial charge in [0.2, 0.25) is 0 Å². The number of fused-ring (bicyclic) bond motifs is 1. The van der Waals surface area contributed by atoms with E-state index in [4.69, 9.17) is 9.26 Å². The summed E-state index contributed by atoms with van der Waals surface area (Å²) in [5, 5.41) is 7.12. The molecule has 1 fully saturated rings. The van der Waals surface area contributed by atoms with E-state index in [1.165, 1.54) is 37.9 Å². The summed E-state index contributed by atoms with van der Waals surface area (Å²) in [7, 11) is 0. The van der Waals surface area contributed by atoms with E-state index in [1.807, 2.05) is 25.1 Å². The number of carbonyl (C=O) groups excluding carboxylic acids is 1. The van der Waals surface area contributed by atoms with Crippen LogP contribution < -0.4 is 10.1 Å². The molecule has 3 heterocycles. The van der Waals surface area contributed by atoms with E-state index in [1.54, 1.807) is 0 Å². The SMILES string of the molecule is Cc1ccc(CN2CCCCC2)cc1-c1onc(C)c1-c1ccc2c(c1)OCC(=O)N2. The van der Waals surface area contributed by atoms with Crippen molar-refractivity contribution in [3.8, 4) is 28.2 Å². The van der Waals surface area contributed by atoms with Gasteiger partial charge in [0.25, 0.3) is 5.91 Å². The number of carbonyl (C=O) groups is 1. The molecule has 1 N–H and O–H groups in total. The van der Waals surface area contributed by atoms with Gasteiger partial charge in [-0.1, -0.05) is 29.8 Å². The zero-order valence-corrected chi connectivity index (χ0v) is 18.0. The van der Waals surface area contributed by atoms with Crippen molar-refractivity contribution >= 4 is 11.6 Å². The lowest BCUT2D eigenvalue weighted by Crippen LogP contribution is -2.29. The molecule has 0 aliphatic carbocycles. The summed E-state index contributed by atoms with van der Waals surface area (Å²) in [6.07, 6.45) is 3.90. The number of rotatable bonds is 4. The number of amides is 1. The van der Waals surface area contributed by atoms with Gasteiger partial charge in [0.05, 0.1) is 16.9 Å². The first-order valence-corrected chi connectivity index (χ1v) is 10.9. The van der Waals surface area contributed by atoms with E-state index in [0.717, 1.165) is 40.3 Å². The second-order valence-electron chi connectivity index (χ2n) is 8.51. The van der Waals surface area contributed by atoms with Crippen LogP contribution in [0.5, 0.6) is 5.75 Å². The molecule has 0 spiro atoms. The van der Waals surface area contributed by atoms with Crippen LogP contribution >= 0.6 is 0 Å². The van der Waals surface area contributed by atoms with Crippen LogP contribution in [0.3, 0.4) is 0 Å². The quantitative estimate of drug-likeness (QED) is 0.651. The Kier molecular flexibility index (Phi) is 5.24. The van der Waals surface area contributed by atoms with E-state index >= 15 is 0 Å². The Morgan fingerprint density at radius 1 is 1.06 bits per heavy atom. The highest BCUT2D eigenvalue weighted by molar-refractivity contribution is 5.96. The number of aryl methyl sites for hydroxylation is 2. The molecule has 2 aliphatic rings. The number of piperidine rings is 1. The maximum atomic E-state index is 11.6. The van der Waals surface area contributed by atoms with Crippen LogP contribution in [0.4, 0.5) is 5.69 Å². The van der Waals surface area contributed by atoms with Gasteiger partial charge in [-0.15, -0.1) is 0 Å². The fourth-order valence-electron chi connectivity index (χ4n) is 4.51. The van der Waals surface area contributed by atoms with Gasteiger partial charge in [-0.3, -0.25) is 9.69 Å². The van der Waals surface area contributed by atoms with Crippen molar-refractivity contribution in [1.29, 1.82) is 0 Å². The number of nitrogens with zero attached hydrogens (tertiary/aromatic N) is 2. The minimum absolute atomic E-state index is 0.0313. The van der Waals surface area contributed by atoms with Crippen LogP contribution in [0.25, 0.3) is 22.5 Å². The first kappa shape index (κ1) is 19.8. The summed E-state index contributed by atoms with van der Waals surface area (Å²) in [5.74, 6) is 1.30. The van der Waals surface area contributed by atoms with Crippen molar-refractivity contribution in [1.82, 2.24) is 10.1 Å². The average molecular weight is 418 g/mol. The molecule has 160 valence electrons. The normalized spacial score (nSPS) is 16.5. The van der Waals surface area contributed by atoms with Crippen LogP contribution in [0.15, 0.2) is 40.9 Å².